The summed E-state index contributed by atoms with van der Waals surface area (Å²) in [5.74, 6) is 1.63. The lowest BCUT2D eigenvalue weighted by atomic mass is 9.99. The molecule has 1 heterocycles. The molecule has 0 N–H and O–H groups in total. The largest absolute Gasteiger partial charge is 0.492 e. The number of aldehydes is 1. The fourth-order valence-electron chi connectivity index (χ4n) is 4.06. The SMILES string of the molecule is CC(C)COc1c2c(c(OC(C)C)c3ccccc13)C(=O)N(c1ccc(CC=O)cc1)C2. The summed E-state index contributed by atoms with van der Waals surface area (Å²) in [6, 6.07) is 15.5. The Kier molecular flexibility index (Phi) is 6.17. The molecule has 3 aromatic carbocycles. The van der Waals surface area contributed by atoms with Crippen LogP contribution in [0.15, 0.2) is 48.5 Å². The molecule has 0 aromatic heterocycles. The van der Waals surface area contributed by atoms with Crippen molar-refractivity contribution >= 4 is 28.7 Å². The van der Waals surface area contributed by atoms with E-state index in [4.69, 9.17) is 9.47 Å². The zero-order chi connectivity index (χ0) is 22.8. The number of ether oxygens (including phenoxy) is 2. The molecule has 1 aliphatic heterocycles. The second-order valence-corrected chi connectivity index (χ2v) is 8.86. The smallest absolute Gasteiger partial charge is 0.262 e. The summed E-state index contributed by atoms with van der Waals surface area (Å²) in [5.41, 5.74) is 3.15. The predicted molar refractivity (Wildman–Crippen MR) is 127 cm³/mol. The quantitative estimate of drug-likeness (QED) is 0.438. The van der Waals surface area contributed by atoms with Gasteiger partial charge in [0.2, 0.25) is 0 Å². The van der Waals surface area contributed by atoms with E-state index >= 15 is 0 Å². The number of benzene rings is 3. The van der Waals surface area contributed by atoms with Crippen LogP contribution >= 0.6 is 0 Å². The molecule has 0 aliphatic carbocycles. The molecule has 0 unspecified atom stereocenters. The monoisotopic (exact) mass is 431 g/mol. The van der Waals surface area contributed by atoms with Gasteiger partial charge < -0.3 is 19.2 Å². The van der Waals surface area contributed by atoms with Crippen LogP contribution in [0.4, 0.5) is 5.69 Å². The summed E-state index contributed by atoms with van der Waals surface area (Å²) >= 11 is 0. The van der Waals surface area contributed by atoms with Gasteiger partial charge in [-0.1, -0.05) is 50.2 Å². The zero-order valence-electron chi connectivity index (χ0n) is 19.1. The first-order valence-corrected chi connectivity index (χ1v) is 11.1. The van der Waals surface area contributed by atoms with Gasteiger partial charge in [-0.15, -0.1) is 0 Å². The third-order valence-corrected chi connectivity index (χ3v) is 5.48. The van der Waals surface area contributed by atoms with Crippen molar-refractivity contribution in [3.63, 3.8) is 0 Å². The van der Waals surface area contributed by atoms with Crippen LogP contribution < -0.4 is 14.4 Å². The van der Waals surface area contributed by atoms with Gasteiger partial charge in [0.1, 0.15) is 17.8 Å². The maximum atomic E-state index is 13.7. The molecule has 0 fully saturated rings. The lowest BCUT2D eigenvalue weighted by Gasteiger charge is -2.20. The van der Waals surface area contributed by atoms with Gasteiger partial charge in [0.05, 0.1) is 24.8 Å². The van der Waals surface area contributed by atoms with Gasteiger partial charge in [-0.2, -0.15) is 0 Å². The molecule has 0 bridgehead atoms. The molecule has 0 atom stereocenters. The first-order chi connectivity index (χ1) is 15.4. The van der Waals surface area contributed by atoms with E-state index in [-0.39, 0.29) is 12.0 Å². The van der Waals surface area contributed by atoms with Crippen molar-refractivity contribution in [2.75, 3.05) is 11.5 Å². The van der Waals surface area contributed by atoms with Crippen LogP contribution in [-0.2, 0) is 17.8 Å². The molecule has 4 rings (SSSR count). The fraction of sp³-hybridized carbons (Fsp3) is 0.333. The van der Waals surface area contributed by atoms with E-state index in [1.165, 1.54) is 0 Å². The molecule has 1 amide bonds. The van der Waals surface area contributed by atoms with Crippen LogP contribution in [0.25, 0.3) is 10.8 Å². The topological polar surface area (TPSA) is 55.8 Å². The Morgan fingerprint density at radius 3 is 2.22 bits per heavy atom. The molecule has 0 saturated carbocycles. The third-order valence-electron chi connectivity index (χ3n) is 5.48. The Morgan fingerprint density at radius 2 is 1.62 bits per heavy atom. The van der Waals surface area contributed by atoms with E-state index in [0.29, 0.717) is 36.8 Å². The van der Waals surface area contributed by atoms with Crippen molar-refractivity contribution in [3.05, 3.63) is 65.2 Å². The molecule has 3 aromatic rings. The minimum atomic E-state index is -0.0982. The number of amides is 1. The lowest BCUT2D eigenvalue weighted by Crippen LogP contribution is -2.23. The average molecular weight is 432 g/mol. The Morgan fingerprint density at radius 1 is 0.969 bits per heavy atom. The van der Waals surface area contributed by atoms with E-state index < -0.39 is 0 Å². The second-order valence-electron chi connectivity index (χ2n) is 8.86. The van der Waals surface area contributed by atoms with E-state index in [1.807, 2.05) is 62.4 Å². The lowest BCUT2D eigenvalue weighted by molar-refractivity contribution is -0.107. The van der Waals surface area contributed by atoms with Gasteiger partial charge >= 0.3 is 0 Å². The highest BCUT2D eigenvalue weighted by Gasteiger charge is 2.37. The Bertz CT molecular complexity index is 1150. The summed E-state index contributed by atoms with van der Waals surface area (Å²) in [5, 5.41) is 1.84. The van der Waals surface area contributed by atoms with Crippen LogP contribution in [0, 0.1) is 5.92 Å². The van der Waals surface area contributed by atoms with E-state index in [2.05, 4.69) is 13.8 Å². The van der Waals surface area contributed by atoms with Gasteiger partial charge in [0.15, 0.2) is 0 Å². The number of rotatable bonds is 8. The maximum Gasteiger partial charge on any atom is 0.262 e. The first-order valence-electron chi connectivity index (χ1n) is 11.1. The predicted octanol–water partition coefficient (Wildman–Crippen LogP) is 5.56. The first kappa shape index (κ1) is 21.9. The molecule has 5 heteroatoms. The molecular weight excluding hydrogens is 402 g/mol. The number of fused-ring (bicyclic) bond motifs is 2. The second kappa shape index (κ2) is 9.03. The zero-order valence-corrected chi connectivity index (χ0v) is 19.1. The number of carbonyl (C=O) groups excluding carboxylic acids is 2. The Balaban J connectivity index is 1.86. The van der Waals surface area contributed by atoms with Gasteiger partial charge in [0.25, 0.3) is 5.91 Å². The summed E-state index contributed by atoms with van der Waals surface area (Å²) in [6.07, 6.45) is 1.17. The van der Waals surface area contributed by atoms with Crippen molar-refractivity contribution in [2.24, 2.45) is 5.92 Å². The van der Waals surface area contributed by atoms with Gasteiger partial charge in [-0.25, -0.2) is 0 Å². The maximum absolute atomic E-state index is 13.7. The average Bonchev–Trinajstić information content (AvgIpc) is 3.10. The Labute approximate surface area is 188 Å². The van der Waals surface area contributed by atoms with Crippen molar-refractivity contribution in [1.29, 1.82) is 0 Å². The highest BCUT2D eigenvalue weighted by atomic mass is 16.5. The molecule has 32 heavy (non-hydrogen) atoms. The molecule has 0 spiro atoms. The number of carbonyl (C=O) groups is 2. The minimum Gasteiger partial charge on any atom is -0.492 e. The summed E-state index contributed by atoms with van der Waals surface area (Å²) < 4.78 is 12.5. The van der Waals surface area contributed by atoms with Crippen LogP contribution in [0.3, 0.4) is 0 Å². The standard InChI is InChI=1S/C27H29NO4/c1-17(2)16-31-25-21-7-5-6-8-22(21)26(32-18(3)4)24-23(25)15-28(27(24)30)20-11-9-19(10-12-20)13-14-29/h5-12,14,17-18H,13,15-16H2,1-4H3. The molecule has 166 valence electrons. The van der Waals surface area contributed by atoms with E-state index in [9.17, 15) is 9.59 Å². The molecular formula is C27H29NO4. The highest BCUT2D eigenvalue weighted by molar-refractivity contribution is 6.16. The highest BCUT2D eigenvalue weighted by Crippen LogP contribution is 2.46. The van der Waals surface area contributed by atoms with Crippen molar-refractivity contribution in [1.82, 2.24) is 0 Å². The van der Waals surface area contributed by atoms with Crippen LogP contribution in [0.2, 0.25) is 0 Å². The van der Waals surface area contributed by atoms with Crippen molar-refractivity contribution < 1.29 is 19.1 Å². The number of hydrogen-bond acceptors (Lipinski definition) is 4. The number of nitrogens with zero attached hydrogens (tertiary/aromatic N) is 1. The summed E-state index contributed by atoms with van der Waals surface area (Å²) in [4.78, 5) is 26.2. The molecule has 0 saturated heterocycles. The summed E-state index contributed by atoms with van der Waals surface area (Å²) in [7, 11) is 0. The normalized spacial score (nSPS) is 13.2. The van der Waals surface area contributed by atoms with Crippen LogP contribution in [-0.4, -0.2) is 24.9 Å². The van der Waals surface area contributed by atoms with Crippen molar-refractivity contribution in [3.8, 4) is 11.5 Å². The molecule has 5 nitrogen and oxygen atoms in total. The van der Waals surface area contributed by atoms with Gasteiger partial charge in [-0.3, -0.25) is 4.79 Å². The number of hydrogen-bond donors (Lipinski definition) is 0. The Hall–Kier alpha value is -3.34. The van der Waals surface area contributed by atoms with E-state index in [0.717, 1.165) is 39.6 Å². The van der Waals surface area contributed by atoms with E-state index in [1.54, 1.807) is 4.90 Å². The minimum absolute atomic E-state index is 0.0746. The fourth-order valence-corrected chi connectivity index (χ4v) is 4.06. The van der Waals surface area contributed by atoms with Gasteiger partial charge in [-0.05, 0) is 37.5 Å². The molecule has 0 radical (unpaired) electrons. The van der Waals surface area contributed by atoms with Crippen LogP contribution in [0.5, 0.6) is 11.5 Å². The van der Waals surface area contributed by atoms with Gasteiger partial charge in [0, 0.05) is 28.4 Å². The van der Waals surface area contributed by atoms with Crippen molar-refractivity contribution in [2.45, 2.75) is 46.8 Å². The van der Waals surface area contributed by atoms with Crippen LogP contribution in [0.1, 0.15) is 49.2 Å². The number of anilines is 1. The molecule has 1 aliphatic rings. The summed E-state index contributed by atoms with van der Waals surface area (Å²) in [6.45, 7) is 9.12. The third kappa shape index (κ3) is 4.07.